The van der Waals surface area contributed by atoms with E-state index >= 15 is 0 Å². The summed E-state index contributed by atoms with van der Waals surface area (Å²) in [7, 11) is 0. The van der Waals surface area contributed by atoms with Crippen molar-refractivity contribution < 1.29 is 24.2 Å². The summed E-state index contributed by atoms with van der Waals surface area (Å²) >= 11 is 5.42. The summed E-state index contributed by atoms with van der Waals surface area (Å²) in [5.74, 6) is -1.70. The third-order valence-electron chi connectivity index (χ3n) is 7.54. The number of amides is 2. The number of carbonyl (C=O) groups excluding carboxylic acids is 3. The number of rotatable bonds is 13. The van der Waals surface area contributed by atoms with Crippen LogP contribution >= 0.6 is 27.7 Å². The number of aliphatic hydroxyl groups is 1. The van der Waals surface area contributed by atoms with Gasteiger partial charge in [0.15, 0.2) is 0 Å². The Morgan fingerprint density at radius 2 is 1.97 bits per heavy atom. The molecule has 0 saturated carbocycles. The largest absolute Gasteiger partial charge is 0.465 e. The minimum Gasteiger partial charge on any atom is -0.465 e. The van der Waals surface area contributed by atoms with E-state index in [0.717, 1.165) is 12.8 Å². The molecule has 3 rings (SSSR count). The van der Waals surface area contributed by atoms with Crippen molar-refractivity contribution >= 4 is 45.5 Å². The van der Waals surface area contributed by atoms with Crippen LogP contribution in [0.15, 0.2) is 25.3 Å². The molecule has 2 amide bonds. The van der Waals surface area contributed by atoms with Crippen molar-refractivity contribution in [3.05, 3.63) is 25.3 Å². The molecule has 202 valence electrons. The summed E-state index contributed by atoms with van der Waals surface area (Å²) in [5.41, 5.74) is -0.454. The fourth-order valence-electron chi connectivity index (χ4n) is 5.96. The highest BCUT2D eigenvalue weighted by Crippen LogP contribution is 2.68. The van der Waals surface area contributed by atoms with E-state index in [1.807, 2.05) is 20.8 Å². The molecule has 36 heavy (non-hydrogen) atoms. The monoisotopic (exact) mass is 584 g/mol. The van der Waals surface area contributed by atoms with Gasteiger partial charge in [-0.05, 0) is 59.3 Å². The van der Waals surface area contributed by atoms with E-state index in [1.165, 1.54) is 0 Å². The molecular formula is C27H41BrN2O5S. The van der Waals surface area contributed by atoms with Crippen LogP contribution in [0.5, 0.6) is 0 Å². The lowest BCUT2D eigenvalue weighted by atomic mass is 9.71. The van der Waals surface area contributed by atoms with E-state index < -0.39 is 28.2 Å². The highest BCUT2D eigenvalue weighted by atomic mass is 79.9. The molecule has 1 N–H and O–H groups in total. The van der Waals surface area contributed by atoms with Crippen molar-refractivity contribution in [3.63, 3.8) is 0 Å². The molecule has 1 spiro atoms. The molecule has 3 heterocycles. The minimum absolute atomic E-state index is 0.0180. The smallest absolute Gasteiger partial charge is 0.310 e. The Morgan fingerprint density at radius 1 is 1.25 bits per heavy atom. The Balaban J connectivity index is 1.97. The van der Waals surface area contributed by atoms with Crippen LogP contribution in [-0.4, -0.2) is 85.4 Å². The van der Waals surface area contributed by atoms with E-state index in [9.17, 15) is 19.5 Å². The quantitative estimate of drug-likeness (QED) is 0.153. The third-order valence-corrected chi connectivity index (χ3v) is 10.8. The average Bonchev–Trinajstić information content (AvgIpc) is 3.40. The van der Waals surface area contributed by atoms with Gasteiger partial charge in [-0.15, -0.1) is 24.9 Å². The molecule has 0 aromatic rings. The zero-order chi connectivity index (χ0) is 26.7. The van der Waals surface area contributed by atoms with Crippen LogP contribution in [-0.2, 0) is 19.1 Å². The van der Waals surface area contributed by atoms with Gasteiger partial charge in [-0.3, -0.25) is 14.4 Å². The average molecular weight is 586 g/mol. The Bertz CT molecular complexity index is 862. The van der Waals surface area contributed by atoms with Crippen molar-refractivity contribution in [1.29, 1.82) is 0 Å². The Morgan fingerprint density at radius 3 is 2.58 bits per heavy atom. The highest BCUT2D eigenvalue weighted by Gasteiger charge is 2.76. The number of halogens is 1. The van der Waals surface area contributed by atoms with E-state index in [2.05, 4.69) is 29.1 Å². The van der Waals surface area contributed by atoms with Crippen molar-refractivity contribution in [1.82, 2.24) is 9.80 Å². The van der Waals surface area contributed by atoms with Crippen molar-refractivity contribution in [2.75, 3.05) is 26.3 Å². The lowest BCUT2D eigenvalue weighted by Gasteiger charge is -2.42. The van der Waals surface area contributed by atoms with E-state index in [0.29, 0.717) is 45.4 Å². The summed E-state index contributed by atoms with van der Waals surface area (Å²) < 4.78 is 4.96. The molecule has 7 nitrogen and oxygen atoms in total. The van der Waals surface area contributed by atoms with E-state index in [4.69, 9.17) is 4.74 Å². The number of likely N-dealkylation sites (tertiary alicyclic amines) is 1. The summed E-state index contributed by atoms with van der Waals surface area (Å²) in [6.07, 6.45) is 7.72. The van der Waals surface area contributed by atoms with Crippen LogP contribution in [0.4, 0.5) is 0 Å². The summed E-state index contributed by atoms with van der Waals surface area (Å²) in [4.78, 5) is 45.2. The van der Waals surface area contributed by atoms with Gasteiger partial charge in [0.2, 0.25) is 11.8 Å². The maximum Gasteiger partial charge on any atom is 0.310 e. The van der Waals surface area contributed by atoms with Gasteiger partial charge >= 0.3 is 5.97 Å². The first-order valence-corrected chi connectivity index (χ1v) is 14.8. The maximum atomic E-state index is 14.3. The first-order valence-electron chi connectivity index (χ1n) is 13.0. The predicted molar refractivity (Wildman–Crippen MR) is 147 cm³/mol. The molecule has 3 unspecified atom stereocenters. The first kappa shape index (κ1) is 29.2. The second kappa shape index (κ2) is 12.0. The van der Waals surface area contributed by atoms with Crippen LogP contribution in [0.3, 0.4) is 0 Å². The number of hydrogen-bond donors (Lipinski definition) is 1. The van der Waals surface area contributed by atoms with Crippen LogP contribution in [0.2, 0.25) is 0 Å². The molecule has 0 aromatic heterocycles. The van der Waals surface area contributed by atoms with E-state index in [1.54, 1.807) is 33.7 Å². The minimum atomic E-state index is -0.681. The van der Waals surface area contributed by atoms with Gasteiger partial charge in [0.1, 0.15) is 6.04 Å². The molecule has 0 aromatic carbocycles. The standard InChI is InChI=1S/C27H41BrN2O5S/c1-6-8-12-16-35-25(34)19-20-23(32)29(14-10-9-11-15-31)22(27(20)17-18(28)21(19)36-27)24(33)30(13-7-2)26(3,4)5/h6-7,18-22,31H,1-2,8-17H2,3-5H3/t18?,19-,20+,21-,22?,27?/m1/s1. The number of alkyl halides is 1. The lowest BCUT2D eigenvalue weighted by Crippen LogP contribution is -2.59. The fraction of sp³-hybridized carbons (Fsp3) is 0.741. The number of carbonyl (C=O) groups is 3. The number of aliphatic hydroxyl groups excluding tert-OH is 1. The van der Waals surface area contributed by atoms with E-state index in [-0.39, 0.29) is 34.5 Å². The number of ether oxygens (including phenoxy) is 1. The molecule has 0 radical (unpaired) electrons. The van der Waals surface area contributed by atoms with Crippen LogP contribution < -0.4 is 0 Å². The highest BCUT2D eigenvalue weighted by molar-refractivity contribution is 9.09. The number of nitrogens with zero attached hydrogens (tertiary/aromatic N) is 2. The molecule has 3 aliphatic heterocycles. The van der Waals surface area contributed by atoms with Gasteiger partial charge in [-0.1, -0.05) is 28.1 Å². The fourth-order valence-corrected chi connectivity index (χ4v) is 9.55. The van der Waals surface area contributed by atoms with Crippen molar-refractivity contribution in [2.45, 2.75) is 85.7 Å². The van der Waals surface area contributed by atoms with Crippen molar-refractivity contribution in [3.8, 4) is 0 Å². The normalized spacial score (nSPS) is 30.9. The second-order valence-electron chi connectivity index (χ2n) is 11.0. The molecule has 9 heteroatoms. The molecule has 6 atom stereocenters. The second-order valence-corrected chi connectivity index (χ2v) is 13.7. The summed E-state index contributed by atoms with van der Waals surface area (Å²) in [6.45, 7) is 14.7. The number of allylic oxidation sites excluding steroid dienone is 1. The van der Waals surface area contributed by atoms with Crippen LogP contribution in [0, 0.1) is 11.8 Å². The zero-order valence-electron chi connectivity index (χ0n) is 21.8. The van der Waals surface area contributed by atoms with Gasteiger partial charge < -0.3 is 19.6 Å². The van der Waals surface area contributed by atoms with Crippen LogP contribution in [0.25, 0.3) is 0 Å². The third kappa shape index (κ3) is 5.44. The first-order chi connectivity index (χ1) is 17.0. The number of esters is 1. The molecular weight excluding hydrogens is 544 g/mol. The zero-order valence-corrected chi connectivity index (χ0v) is 24.2. The number of thioether (sulfide) groups is 1. The van der Waals surface area contributed by atoms with Gasteiger partial charge in [-0.25, -0.2) is 0 Å². The SMILES string of the molecule is C=CCCCOC(=O)[C@H]1[C@@H]2SC3(CC2Br)C(C(=O)N(CC=C)C(C)(C)C)N(CCCCCO)C(=O)[C@H]13. The summed E-state index contributed by atoms with van der Waals surface area (Å²) in [6, 6.07) is -0.656. The predicted octanol–water partition coefficient (Wildman–Crippen LogP) is 3.94. The maximum absolute atomic E-state index is 14.3. The Hall–Kier alpha value is -1.32. The molecule has 3 fully saturated rings. The van der Waals surface area contributed by atoms with Gasteiger partial charge in [0, 0.05) is 35.3 Å². The molecule has 0 aliphatic carbocycles. The molecule has 3 saturated heterocycles. The Kier molecular flexibility index (Phi) is 9.77. The molecule has 3 aliphatic rings. The Labute approximate surface area is 228 Å². The lowest BCUT2D eigenvalue weighted by molar-refractivity contribution is -0.154. The van der Waals surface area contributed by atoms with Gasteiger partial charge in [0.25, 0.3) is 0 Å². The van der Waals surface area contributed by atoms with Crippen molar-refractivity contribution in [2.24, 2.45) is 11.8 Å². The van der Waals surface area contributed by atoms with Gasteiger partial charge in [-0.2, -0.15) is 0 Å². The number of hydrogen-bond acceptors (Lipinski definition) is 6. The molecule has 2 bridgehead atoms. The summed E-state index contributed by atoms with van der Waals surface area (Å²) in [5, 5.41) is 9.09. The van der Waals surface area contributed by atoms with Crippen LogP contribution in [0.1, 0.15) is 59.3 Å². The number of fused-ring (bicyclic) bond motifs is 1. The number of unbranched alkanes of at least 4 members (excludes halogenated alkanes) is 3. The van der Waals surface area contributed by atoms with Gasteiger partial charge in [0.05, 0.1) is 23.2 Å². The topological polar surface area (TPSA) is 87.2 Å².